The van der Waals surface area contributed by atoms with Crippen molar-refractivity contribution in [3.8, 4) is 5.75 Å². The molecule has 1 aliphatic rings. The molecule has 1 aliphatic carbocycles. The first-order valence-electron chi connectivity index (χ1n) is 6.28. The van der Waals surface area contributed by atoms with Crippen molar-refractivity contribution < 1.29 is 13.2 Å². The molecule has 1 fully saturated rings. The summed E-state index contributed by atoms with van der Waals surface area (Å²) in [5.74, 6) is 0.743. The number of halogens is 1. The Morgan fingerprint density at radius 3 is 2.47 bits per heavy atom. The standard InChI is InChI=1S/C13H18BrNO3S/c14-11-5-1-2-6-12(11)18-9-13(7-3-4-8-13)10-19(15,16)17/h1-2,5-6H,3-4,7-10H2,(H2,15,16,17). The highest BCUT2D eigenvalue weighted by Gasteiger charge is 2.38. The molecule has 0 radical (unpaired) electrons. The Kier molecular flexibility index (Phi) is 4.53. The predicted molar refractivity (Wildman–Crippen MR) is 78.5 cm³/mol. The van der Waals surface area contributed by atoms with Gasteiger partial charge < -0.3 is 4.74 Å². The first-order valence-corrected chi connectivity index (χ1v) is 8.79. The maximum atomic E-state index is 11.4. The summed E-state index contributed by atoms with van der Waals surface area (Å²) < 4.78 is 29.4. The first-order chi connectivity index (χ1) is 8.90. The van der Waals surface area contributed by atoms with Crippen LogP contribution in [-0.2, 0) is 10.0 Å². The van der Waals surface area contributed by atoms with Crippen LogP contribution in [0.1, 0.15) is 25.7 Å². The third kappa shape index (κ3) is 4.19. The lowest BCUT2D eigenvalue weighted by molar-refractivity contribution is 0.169. The molecule has 1 aromatic rings. The van der Waals surface area contributed by atoms with Crippen LogP contribution in [0.2, 0.25) is 0 Å². The minimum atomic E-state index is -3.47. The molecule has 1 aromatic carbocycles. The van der Waals surface area contributed by atoms with Gasteiger partial charge in [0, 0.05) is 5.41 Å². The molecular formula is C13H18BrNO3S. The fraction of sp³-hybridized carbons (Fsp3) is 0.538. The van der Waals surface area contributed by atoms with E-state index in [1.165, 1.54) is 0 Å². The molecule has 1 saturated carbocycles. The van der Waals surface area contributed by atoms with Crippen LogP contribution in [0.5, 0.6) is 5.75 Å². The number of para-hydroxylation sites is 1. The monoisotopic (exact) mass is 347 g/mol. The zero-order chi connectivity index (χ0) is 13.9. The normalized spacial score (nSPS) is 18.4. The Bertz CT molecular complexity index is 539. The maximum Gasteiger partial charge on any atom is 0.209 e. The summed E-state index contributed by atoms with van der Waals surface area (Å²) in [5, 5.41) is 5.21. The minimum Gasteiger partial charge on any atom is -0.492 e. The van der Waals surface area contributed by atoms with Crippen molar-refractivity contribution in [2.75, 3.05) is 12.4 Å². The molecule has 19 heavy (non-hydrogen) atoms. The number of nitrogens with two attached hydrogens (primary N) is 1. The molecule has 0 heterocycles. The molecule has 4 nitrogen and oxygen atoms in total. The quantitative estimate of drug-likeness (QED) is 0.889. The molecule has 0 unspecified atom stereocenters. The van der Waals surface area contributed by atoms with E-state index in [1.54, 1.807) is 0 Å². The van der Waals surface area contributed by atoms with Gasteiger partial charge in [-0.25, -0.2) is 13.6 Å². The van der Waals surface area contributed by atoms with E-state index in [0.29, 0.717) is 6.61 Å². The zero-order valence-electron chi connectivity index (χ0n) is 10.6. The SMILES string of the molecule is NS(=O)(=O)CC1(COc2ccccc2Br)CCCC1. The molecule has 0 saturated heterocycles. The molecule has 0 spiro atoms. The van der Waals surface area contributed by atoms with E-state index in [9.17, 15) is 8.42 Å². The first kappa shape index (κ1) is 14.8. The van der Waals surface area contributed by atoms with E-state index in [1.807, 2.05) is 24.3 Å². The van der Waals surface area contributed by atoms with E-state index in [2.05, 4.69) is 15.9 Å². The van der Waals surface area contributed by atoms with Crippen molar-refractivity contribution in [2.45, 2.75) is 25.7 Å². The summed E-state index contributed by atoms with van der Waals surface area (Å²) in [7, 11) is -3.47. The van der Waals surface area contributed by atoms with Crippen molar-refractivity contribution in [2.24, 2.45) is 10.6 Å². The van der Waals surface area contributed by atoms with Gasteiger partial charge in [0.25, 0.3) is 0 Å². The van der Waals surface area contributed by atoms with Crippen molar-refractivity contribution in [3.63, 3.8) is 0 Å². The lowest BCUT2D eigenvalue weighted by Gasteiger charge is -2.27. The van der Waals surface area contributed by atoms with Gasteiger partial charge in [-0.15, -0.1) is 0 Å². The van der Waals surface area contributed by atoms with Crippen LogP contribution in [0.3, 0.4) is 0 Å². The lowest BCUT2D eigenvalue weighted by atomic mass is 9.90. The zero-order valence-corrected chi connectivity index (χ0v) is 13.0. The summed E-state index contributed by atoms with van der Waals surface area (Å²) in [6, 6.07) is 7.56. The van der Waals surface area contributed by atoms with Gasteiger partial charge in [-0.1, -0.05) is 25.0 Å². The average Bonchev–Trinajstić information content (AvgIpc) is 2.74. The number of ether oxygens (including phenoxy) is 1. The van der Waals surface area contributed by atoms with E-state index < -0.39 is 10.0 Å². The summed E-state index contributed by atoms with van der Waals surface area (Å²) in [5.41, 5.74) is -0.330. The summed E-state index contributed by atoms with van der Waals surface area (Å²) in [6.45, 7) is 0.395. The van der Waals surface area contributed by atoms with Gasteiger partial charge in [0.15, 0.2) is 0 Å². The second kappa shape index (κ2) is 5.81. The molecule has 2 N–H and O–H groups in total. The molecule has 0 atom stereocenters. The number of hydrogen-bond donors (Lipinski definition) is 1. The molecule has 2 rings (SSSR count). The van der Waals surface area contributed by atoms with Crippen LogP contribution in [0.4, 0.5) is 0 Å². The summed E-state index contributed by atoms with van der Waals surface area (Å²) >= 11 is 3.42. The number of sulfonamides is 1. The fourth-order valence-electron chi connectivity index (χ4n) is 2.67. The largest absolute Gasteiger partial charge is 0.492 e. The van der Waals surface area contributed by atoms with Gasteiger partial charge in [0.2, 0.25) is 10.0 Å². The summed E-state index contributed by atoms with van der Waals surface area (Å²) in [6.07, 6.45) is 3.78. The van der Waals surface area contributed by atoms with Crippen molar-refractivity contribution in [3.05, 3.63) is 28.7 Å². The number of primary sulfonamides is 1. The average molecular weight is 348 g/mol. The molecule has 0 aliphatic heterocycles. The third-order valence-corrected chi connectivity index (χ3v) is 5.21. The Balaban J connectivity index is 2.08. The molecule has 0 bridgehead atoms. The van der Waals surface area contributed by atoms with Crippen LogP contribution in [-0.4, -0.2) is 20.8 Å². The predicted octanol–water partition coefficient (Wildman–Crippen LogP) is 2.68. The van der Waals surface area contributed by atoms with Crippen LogP contribution in [0, 0.1) is 5.41 Å². The van der Waals surface area contributed by atoms with Crippen molar-refractivity contribution >= 4 is 26.0 Å². The van der Waals surface area contributed by atoms with Gasteiger partial charge in [-0.05, 0) is 40.9 Å². The number of hydrogen-bond acceptors (Lipinski definition) is 3. The molecule has 106 valence electrons. The van der Waals surface area contributed by atoms with E-state index in [4.69, 9.17) is 9.88 Å². The molecule has 6 heteroatoms. The van der Waals surface area contributed by atoms with E-state index >= 15 is 0 Å². The van der Waals surface area contributed by atoms with E-state index in [0.717, 1.165) is 35.9 Å². The lowest BCUT2D eigenvalue weighted by Crippen LogP contribution is -2.36. The van der Waals surface area contributed by atoms with Gasteiger partial charge in [-0.2, -0.15) is 0 Å². The smallest absolute Gasteiger partial charge is 0.209 e. The van der Waals surface area contributed by atoms with Crippen LogP contribution in [0.25, 0.3) is 0 Å². The third-order valence-electron chi connectivity index (χ3n) is 3.54. The van der Waals surface area contributed by atoms with Crippen LogP contribution >= 0.6 is 15.9 Å². The maximum absolute atomic E-state index is 11.4. The van der Waals surface area contributed by atoms with Crippen LogP contribution in [0.15, 0.2) is 28.7 Å². The van der Waals surface area contributed by atoms with Gasteiger partial charge in [0.1, 0.15) is 5.75 Å². The highest BCUT2D eigenvalue weighted by Crippen LogP contribution is 2.40. The number of rotatable bonds is 5. The Hall–Kier alpha value is -0.590. The van der Waals surface area contributed by atoms with E-state index in [-0.39, 0.29) is 11.2 Å². The highest BCUT2D eigenvalue weighted by atomic mass is 79.9. The topological polar surface area (TPSA) is 69.4 Å². The fourth-order valence-corrected chi connectivity index (χ4v) is 4.30. The molecule has 0 amide bonds. The Labute approximate surface area is 122 Å². The summed E-state index contributed by atoms with van der Waals surface area (Å²) in [4.78, 5) is 0. The number of benzene rings is 1. The van der Waals surface area contributed by atoms with Crippen molar-refractivity contribution in [1.82, 2.24) is 0 Å². The van der Waals surface area contributed by atoms with Gasteiger partial charge in [-0.3, -0.25) is 0 Å². The molecular weight excluding hydrogens is 330 g/mol. The van der Waals surface area contributed by atoms with Crippen LogP contribution < -0.4 is 9.88 Å². The minimum absolute atomic E-state index is 0.00442. The Morgan fingerprint density at radius 2 is 1.89 bits per heavy atom. The van der Waals surface area contributed by atoms with Gasteiger partial charge >= 0.3 is 0 Å². The second-order valence-electron chi connectivity index (χ2n) is 5.23. The molecule has 0 aromatic heterocycles. The Morgan fingerprint density at radius 1 is 1.26 bits per heavy atom. The van der Waals surface area contributed by atoms with Gasteiger partial charge in [0.05, 0.1) is 16.8 Å². The van der Waals surface area contributed by atoms with Crippen molar-refractivity contribution in [1.29, 1.82) is 0 Å². The second-order valence-corrected chi connectivity index (χ2v) is 7.70. The highest BCUT2D eigenvalue weighted by molar-refractivity contribution is 9.10.